The maximum atomic E-state index is 13.7. The van der Waals surface area contributed by atoms with E-state index < -0.39 is 16.4 Å². The maximum absolute atomic E-state index is 13.7. The fourth-order valence-electron chi connectivity index (χ4n) is 1.80. The number of rotatable bonds is 3. The Hall–Kier alpha value is -2.94. The summed E-state index contributed by atoms with van der Waals surface area (Å²) in [5, 5.41) is 19.7. The van der Waals surface area contributed by atoms with Crippen molar-refractivity contribution in [3.63, 3.8) is 0 Å². The first-order valence-corrected chi connectivity index (χ1v) is 5.59. The number of nitrogens with zero attached hydrogens (tertiary/aromatic N) is 2. The number of ether oxygens (including phenoxy) is 1. The molecule has 0 aliphatic rings. The highest BCUT2D eigenvalue weighted by Crippen LogP contribution is 2.30. The van der Waals surface area contributed by atoms with Crippen LogP contribution in [0.15, 0.2) is 36.4 Å². The molecule has 20 heavy (non-hydrogen) atoms. The standard InChI is InChI=1S/C14H9FN2O3/c1-20-11-4-2-9(3-5-11)12-7-13(15)14(17(18)19)6-10(12)8-16/h2-7H,1H3. The molecule has 0 N–H and O–H groups in total. The van der Waals surface area contributed by atoms with Crippen LogP contribution in [0, 0.1) is 27.3 Å². The number of benzene rings is 2. The van der Waals surface area contributed by atoms with Gasteiger partial charge in [0.2, 0.25) is 5.82 Å². The minimum absolute atomic E-state index is 0.0447. The van der Waals surface area contributed by atoms with E-state index in [1.54, 1.807) is 24.3 Å². The molecule has 2 rings (SSSR count). The molecule has 100 valence electrons. The third-order valence-corrected chi connectivity index (χ3v) is 2.81. The Morgan fingerprint density at radius 2 is 1.95 bits per heavy atom. The van der Waals surface area contributed by atoms with E-state index in [2.05, 4.69) is 0 Å². The highest BCUT2D eigenvalue weighted by atomic mass is 19.1. The SMILES string of the molecule is COc1ccc(-c2cc(F)c([N+](=O)[O-])cc2C#N)cc1. The second kappa shape index (κ2) is 5.36. The lowest BCUT2D eigenvalue weighted by Crippen LogP contribution is -1.96. The van der Waals surface area contributed by atoms with Crippen molar-refractivity contribution in [1.29, 1.82) is 5.26 Å². The van der Waals surface area contributed by atoms with Gasteiger partial charge < -0.3 is 4.74 Å². The van der Waals surface area contributed by atoms with E-state index in [0.717, 1.165) is 12.1 Å². The van der Waals surface area contributed by atoms with Gasteiger partial charge in [-0.25, -0.2) is 0 Å². The number of nitriles is 1. The van der Waals surface area contributed by atoms with Gasteiger partial charge >= 0.3 is 5.69 Å². The molecular formula is C14H9FN2O3. The van der Waals surface area contributed by atoms with Gasteiger partial charge in [0, 0.05) is 11.6 Å². The van der Waals surface area contributed by atoms with Crippen molar-refractivity contribution < 1.29 is 14.1 Å². The van der Waals surface area contributed by atoms with E-state index in [-0.39, 0.29) is 5.56 Å². The minimum Gasteiger partial charge on any atom is -0.497 e. The average Bonchev–Trinajstić information content (AvgIpc) is 2.46. The van der Waals surface area contributed by atoms with Crippen molar-refractivity contribution in [2.24, 2.45) is 0 Å². The molecule has 0 fully saturated rings. The monoisotopic (exact) mass is 272 g/mol. The number of hydrogen-bond acceptors (Lipinski definition) is 4. The second-order valence-corrected chi connectivity index (χ2v) is 3.95. The Bertz CT molecular complexity index is 706. The molecule has 0 saturated carbocycles. The summed E-state index contributed by atoms with van der Waals surface area (Å²) in [4.78, 5) is 9.81. The topological polar surface area (TPSA) is 76.2 Å². The maximum Gasteiger partial charge on any atom is 0.306 e. The molecule has 2 aromatic rings. The van der Waals surface area contributed by atoms with E-state index >= 15 is 0 Å². The van der Waals surface area contributed by atoms with E-state index in [1.165, 1.54) is 7.11 Å². The number of nitro benzene ring substituents is 1. The summed E-state index contributed by atoms with van der Waals surface area (Å²) in [6.07, 6.45) is 0. The molecule has 0 bridgehead atoms. The molecule has 5 nitrogen and oxygen atoms in total. The number of halogens is 1. The van der Waals surface area contributed by atoms with Gasteiger partial charge in [-0.1, -0.05) is 12.1 Å². The Kier molecular flexibility index (Phi) is 3.62. The van der Waals surface area contributed by atoms with Crippen LogP contribution in [-0.2, 0) is 0 Å². The zero-order valence-electron chi connectivity index (χ0n) is 10.5. The van der Waals surface area contributed by atoms with Gasteiger partial charge in [-0.3, -0.25) is 10.1 Å². The van der Waals surface area contributed by atoms with E-state index in [9.17, 15) is 14.5 Å². The quantitative estimate of drug-likeness (QED) is 0.634. The summed E-state index contributed by atoms with van der Waals surface area (Å²) in [7, 11) is 1.52. The smallest absolute Gasteiger partial charge is 0.306 e. The molecule has 0 aliphatic heterocycles. The molecule has 0 saturated heterocycles. The fourth-order valence-corrected chi connectivity index (χ4v) is 1.80. The van der Waals surface area contributed by atoms with Crippen LogP contribution in [0.1, 0.15) is 5.56 Å². The van der Waals surface area contributed by atoms with Gasteiger partial charge in [0.05, 0.1) is 17.6 Å². The minimum atomic E-state index is -0.972. The predicted molar refractivity (Wildman–Crippen MR) is 69.8 cm³/mol. The lowest BCUT2D eigenvalue weighted by molar-refractivity contribution is -0.387. The Morgan fingerprint density at radius 3 is 2.45 bits per heavy atom. The Labute approximate surface area is 114 Å². The molecule has 0 spiro atoms. The number of nitro groups is 1. The van der Waals surface area contributed by atoms with Gasteiger partial charge in [-0.05, 0) is 23.8 Å². The second-order valence-electron chi connectivity index (χ2n) is 3.95. The average molecular weight is 272 g/mol. The van der Waals surface area contributed by atoms with Crippen molar-refractivity contribution in [1.82, 2.24) is 0 Å². The molecule has 0 radical (unpaired) electrons. The zero-order valence-corrected chi connectivity index (χ0v) is 10.5. The molecule has 0 aromatic heterocycles. The van der Waals surface area contributed by atoms with Crippen LogP contribution in [0.2, 0.25) is 0 Å². The van der Waals surface area contributed by atoms with Crippen molar-refractivity contribution in [2.75, 3.05) is 7.11 Å². The third kappa shape index (κ3) is 2.42. The van der Waals surface area contributed by atoms with Crippen LogP contribution in [0.3, 0.4) is 0 Å². The lowest BCUT2D eigenvalue weighted by atomic mass is 9.99. The van der Waals surface area contributed by atoms with Crippen LogP contribution in [0.25, 0.3) is 11.1 Å². The van der Waals surface area contributed by atoms with Gasteiger partial charge in [0.25, 0.3) is 0 Å². The normalized spacial score (nSPS) is 9.85. The molecule has 2 aromatic carbocycles. The molecule has 0 amide bonds. The summed E-state index contributed by atoms with van der Waals surface area (Å²) in [5.74, 6) is -0.352. The van der Waals surface area contributed by atoms with E-state index in [4.69, 9.17) is 10.00 Å². The van der Waals surface area contributed by atoms with Crippen molar-refractivity contribution in [2.45, 2.75) is 0 Å². The zero-order chi connectivity index (χ0) is 14.7. The molecule has 0 atom stereocenters. The summed E-state index contributed by atoms with van der Waals surface area (Å²) in [5.41, 5.74) is 0.219. The Balaban J connectivity index is 2.58. The molecular weight excluding hydrogens is 263 g/mol. The summed E-state index contributed by atoms with van der Waals surface area (Å²) in [6, 6.07) is 10.4. The van der Waals surface area contributed by atoms with Crippen molar-refractivity contribution in [3.05, 3.63) is 57.9 Å². The van der Waals surface area contributed by atoms with Crippen LogP contribution < -0.4 is 4.74 Å². The number of hydrogen-bond donors (Lipinski definition) is 0. The molecule has 6 heteroatoms. The lowest BCUT2D eigenvalue weighted by Gasteiger charge is -2.06. The first-order valence-electron chi connectivity index (χ1n) is 5.59. The summed E-state index contributed by atoms with van der Waals surface area (Å²) in [6.45, 7) is 0. The van der Waals surface area contributed by atoms with E-state index in [0.29, 0.717) is 16.9 Å². The Morgan fingerprint density at radius 1 is 1.30 bits per heavy atom. The van der Waals surface area contributed by atoms with Gasteiger partial charge in [-0.2, -0.15) is 9.65 Å². The largest absolute Gasteiger partial charge is 0.497 e. The molecule has 0 aliphatic carbocycles. The summed E-state index contributed by atoms with van der Waals surface area (Å²) < 4.78 is 18.7. The fraction of sp³-hybridized carbons (Fsp3) is 0.0714. The van der Waals surface area contributed by atoms with Crippen molar-refractivity contribution >= 4 is 5.69 Å². The first-order chi connectivity index (χ1) is 9.56. The van der Waals surface area contributed by atoms with Crippen molar-refractivity contribution in [3.8, 4) is 22.9 Å². The van der Waals surface area contributed by atoms with Crippen LogP contribution in [0.4, 0.5) is 10.1 Å². The van der Waals surface area contributed by atoms with E-state index in [1.807, 2.05) is 6.07 Å². The molecule has 0 unspecified atom stereocenters. The van der Waals surface area contributed by atoms with Gasteiger partial charge in [0.15, 0.2) is 0 Å². The van der Waals surface area contributed by atoms with Crippen LogP contribution in [-0.4, -0.2) is 12.0 Å². The van der Waals surface area contributed by atoms with Gasteiger partial charge in [0.1, 0.15) is 11.8 Å². The highest BCUT2D eigenvalue weighted by Gasteiger charge is 2.19. The predicted octanol–water partition coefficient (Wildman–Crippen LogP) is 3.28. The van der Waals surface area contributed by atoms with Crippen LogP contribution >= 0.6 is 0 Å². The van der Waals surface area contributed by atoms with Crippen LogP contribution in [0.5, 0.6) is 5.75 Å². The highest BCUT2D eigenvalue weighted by molar-refractivity contribution is 5.72. The summed E-state index contributed by atoms with van der Waals surface area (Å²) >= 11 is 0. The van der Waals surface area contributed by atoms with Gasteiger partial charge in [-0.15, -0.1) is 0 Å². The number of methoxy groups -OCH3 is 1. The third-order valence-electron chi connectivity index (χ3n) is 2.81. The molecule has 0 heterocycles. The first kappa shape index (κ1) is 13.5.